The van der Waals surface area contributed by atoms with E-state index in [2.05, 4.69) is 0 Å². The number of carbonyl (C=O) groups is 3. The first-order valence-electron chi connectivity index (χ1n) is 9.44. The molecule has 0 saturated carbocycles. The fraction of sp³-hybridized carbons (Fsp3) is 0.550. The number of esters is 1. The van der Waals surface area contributed by atoms with Crippen molar-refractivity contribution in [3.8, 4) is 0 Å². The van der Waals surface area contributed by atoms with Crippen LogP contribution in [-0.2, 0) is 19.1 Å². The summed E-state index contributed by atoms with van der Waals surface area (Å²) in [5, 5.41) is 0.252. The van der Waals surface area contributed by atoms with E-state index < -0.39 is 0 Å². The smallest absolute Gasteiger partial charge is 0.309 e. The Labute approximate surface area is 175 Å². The molecule has 154 valence electrons. The van der Waals surface area contributed by atoms with Crippen LogP contribution in [0.25, 0.3) is 0 Å². The molecule has 1 heterocycles. The van der Waals surface area contributed by atoms with Crippen molar-refractivity contribution >= 4 is 41.1 Å². The van der Waals surface area contributed by atoms with Gasteiger partial charge in [0.1, 0.15) is 0 Å². The lowest BCUT2D eigenvalue weighted by molar-refractivity contribution is -0.151. The Bertz CT molecular complexity index is 707. The van der Waals surface area contributed by atoms with Crippen LogP contribution in [0, 0.1) is 5.92 Å². The van der Waals surface area contributed by atoms with Crippen LogP contribution in [0.3, 0.4) is 0 Å². The van der Waals surface area contributed by atoms with Crippen LogP contribution in [0.1, 0.15) is 26.7 Å². The van der Waals surface area contributed by atoms with Gasteiger partial charge >= 0.3 is 5.97 Å². The summed E-state index contributed by atoms with van der Waals surface area (Å²) in [5.74, 6) is -0.560. The molecule has 2 amide bonds. The van der Waals surface area contributed by atoms with E-state index in [0.717, 1.165) is 4.90 Å². The summed E-state index contributed by atoms with van der Waals surface area (Å²) < 4.78 is 5.05. The van der Waals surface area contributed by atoms with Crippen LogP contribution >= 0.6 is 23.4 Å². The van der Waals surface area contributed by atoms with Crippen molar-refractivity contribution < 1.29 is 19.1 Å². The minimum Gasteiger partial charge on any atom is -0.466 e. The predicted octanol–water partition coefficient (Wildman–Crippen LogP) is 3.08. The Morgan fingerprint density at radius 2 is 1.93 bits per heavy atom. The molecule has 0 bridgehead atoms. The third-order valence-corrected chi connectivity index (χ3v) is 6.31. The number of carbonyl (C=O) groups excluding carboxylic acids is 3. The van der Waals surface area contributed by atoms with E-state index in [1.54, 1.807) is 24.9 Å². The van der Waals surface area contributed by atoms with Gasteiger partial charge in [0.25, 0.3) is 0 Å². The summed E-state index contributed by atoms with van der Waals surface area (Å²) in [6.07, 6.45) is 1.20. The molecule has 1 aromatic rings. The summed E-state index contributed by atoms with van der Waals surface area (Å²) in [7, 11) is 1.63. The van der Waals surface area contributed by atoms with E-state index in [1.165, 1.54) is 16.7 Å². The fourth-order valence-corrected chi connectivity index (χ4v) is 4.37. The maximum Gasteiger partial charge on any atom is 0.309 e. The Balaban J connectivity index is 1.82. The topological polar surface area (TPSA) is 66.9 Å². The van der Waals surface area contributed by atoms with Gasteiger partial charge in [-0.25, -0.2) is 0 Å². The van der Waals surface area contributed by atoms with Crippen LogP contribution in [0.15, 0.2) is 29.2 Å². The zero-order valence-electron chi connectivity index (χ0n) is 16.5. The van der Waals surface area contributed by atoms with Gasteiger partial charge in [0.2, 0.25) is 11.8 Å². The molecule has 8 heteroatoms. The molecule has 2 rings (SSSR count). The van der Waals surface area contributed by atoms with Crippen molar-refractivity contribution in [1.82, 2.24) is 9.80 Å². The minimum atomic E-state index is -0.354. The lowest BCUT2D eigenvalue weighted by atomic mass is 9.97. The van der Waals surface area contributed by atoms with Gasteiger partial charge in [0.15, 0.2) is 0 Å². The molecule has 1 atom stereocenters. The quantitative estimate of drug-likeness (QED) is 0.495. The summed E-state index contributed by atoms with van der Waals surface area (Å²) in [6.45, 7) is 5.00. The normalized spacial score (nSPS) is 15.8. The first-order valence-corrected chi connectivity index (χ1v) is 10.7. The van der Waals surface area contributed by atoms with Crippen molar-refractivity contribution in [2.24, 2.45) is 5.92 Å². The van der Waals surface area contributed by atoms with Crippen molar-refractivity contribution in [1.29, 1.82) is 0 Å². The molecule has 1 aliphatic heterocycles. The molecule has 0 aromatic heterocycles. The molecular weight excluding hydrogens is 400 g/mol. The molecule has 28 heavy (non-hydrogen) atoms. The number of nitrogens with zero attached hydrogens (tertiary/aromatic N) is 2. The van der Waals surface area contributed by atoms with E-state index >= 15 is 0 Å². The average Bonchev–Trinajstić information content (AvgIpc) is 2.69. The monoisotopic (exact) mass is 426 g/mol. The van der Waals surface area contributed by atoms with Gasteiger partial charge in [-0.05, 0) is 38.8 Å². The minimum absolute atomic E-state index is 0.0241. The molecule has 1 aromatic carbocycles. The van der Waals surface area contributed by atoms with Gasteiger partial charge < -0.3 is 14.5 Å². The number of thioether (sulfide) groups is 1. The number of hydrogen-bond donors (Lipinski definition) is 0. The first-order chi connectivity index (χ1) is 13.3. The van der Waals surface area contributed by atoms with E-state index in [-0.39, 0.29) is 35.5 Å². The van der Waals surface area contributed by atoms with E-state index in [1.807, 2.05) is 25.1 Å². The lowest BCUT2D eigenvalue weighted by Gasteiger charge is -2.32. The van der Waals surface area contributed by atoms with Crippen LogP contribution in [-0.4, -0.2) is 66.1 Å². The Morgan fingerprint density at radius 3 is 2.54 bits per heavy atom. The number of amides is 2. The van der Waals surface area contributed by atoms with Crippen molar-refractivity contribution in [2.75, 3.05) is 33.3 Å². The largest absolute Gasteiger partial charge is 0.466 e. The van der Waals surface area contributed by atoms with Gasteiger partial charge in [-0.1, -0.05) is 23.7 Å². The molecule has 1 fully saturated rings. The fourth-order valence-electron chi connectivity index (χ4n) is 3.10. The van der Waals surface area contributed by atoms with Crippen LogP contribution in [0.4, 0.5) is 0 Å². The standard InChI is InChI=1S/C20H27ClN2O4S/c1-4-27-20(26)15-9-11-23(12-10-15)18(24)13-22(3)19(25)14(2)28-17-8-6-5-7-16(17)21/h5-8,14-15H,4,9-13H2,1-3H3. The number of likely N-dealkylation sites (tertiary alicyclic amines) is 1. The third-order valence-electron chi connectivity index (χ3n) is 4.70. The molecule has 1 saturated heterocycles. The third kappa shape index (κ3) is 6.14. The van der Waals surface area contributed by atoms with Crippen molar-refractivity contribution in [3.05, 3.63) is 29.3 Å². The van der Waals surface area contributed by atoms with Crippen LogP contribution in [0.5, 0.6) is 0 Å². The number of benzene rings is 1. The maximum absolute atomic E-state index is 12.6. The Kier molecular flexibility index (Phi) is 8.63. The summed E-state index contributed by atoms with van der Waals surface area (Å²) in [4.78, 5) is 41.0. The number of rotatable bonds is 7. The summed E-state index contributed by atoms with van der Waals surface area (Å²) in [5.41, 5.74) is 0. The second kappa shape index (κ2) is 10.7. The van der Waals surface area contributed by atoms with E-state index in [9.17, 15) is 14.4 Å². The Hall–Kier alpha value is -1.73. The van der Waals surface area contributed by atoms with Gasteiger partial charge in [0.05, 0.1) is 29.3 Å². The predicted molar refractivity (Wildman–Crippen MR) is 110 cm³/mol. The van der Waals surface area contributed by atoms with Crippen LogP contribution < -0.4 is 0 Å². The average molecular weight is 427 g/mol. The highest BCUT2D eigenvalue weighted by Crippen LogP contribution is 2.30. The number of likely N-dealkylation sites (N-methyl/N-ethyl adjacent to an activating group) is 1. The Morgan fingerprint density at radius 1 is 1.29 bits per heavy atom. The maximum atomic E-state index is 12.6. The second-order valence-electron chi connectivity index (χ2n) is 6.79. The second-order valence-corrected chi connectivity index (χ2v) is 8.58. The number of halogens is 1. The van der Waals surface area contributed by atoms with Gasteiger partial charge in [-0.15, -0.1) is 11.8 Å². The van der Waals surface area contributed by atoms with Gasteiger partial charge in [-0.3, -0.25) is 14.4 Å². The first kappa shape index (κ1) is 22.6. The van der Waals surface area contributed by atoms with Gasteiger partial charge in [-0.2, -0.15) is 0 Å². The molecule has 1 unspecified atom stereocenters. The van der Waals surface area contributed by atoms with Crippen LogP contribution in [0.2, 0.25) is 5.02 Å². The number of piperidine rings is 1. The molecule has 6 nitrogen and oxygen atoms in total. The van der Waals surface area contributed by atoms with Crippen molar-refractivity contribution in [3.63, 3.8) is 0 Å². The summed E-state index contributed by atoms with van der Waals surface area (Å²) >= 11 is 7.53. The molecule has 0 spiro atoms. The zero-order chi connectivity index (χ0) is 20.7. The molecule has 1 aliphatic rings. The SMILES string of the molecule is CCOC(=O)C1CCN(C(=O)CN(C)C(=O)C(C)Sc2ccccc2Cl)CC1. The molecule has 0 radical (unpaired) electrons. The highest BCUT2D eigenvalue weighted by Gasteiger charge is 2.29. The lowest BCUT2D eigenvalue weighted by Crippen LogP contribution is -2.46. The van der Waals surface area contributed by atoms with Crippen molar-refractivity contribution in [2.45, 2.75) is 36.8 Å². The zero-order valence-corrected chi connectivity index (χ0v) is 18.1. The summed E-state index contributed by atoms with van der Waals surface area (Å²) in [6, 6.07) is 7.37. The molecule has 0 N–H and O–H groups in total. The van der Waals surface area contributed by atoms with Gasteiger partial charge in [0, 0.05) is 25.0 Å². The number of ether oxygens (including phenoxy) is 1. The highest BCUT2D eigenvalue weighted by atomic mass is 35.5. The van der Waals surface area contributed by atoms with E-state index in [0.29, 0.717) is 37.6 Å². The number of hydrogen-bond acceptors (Lipinski definition) is 5. The molecular formula is C20H27ClN2O4S. The van der Waals surface area contributed by atoms with E-state index in [4.69, 9.17) is 16.3 Å². The molecule has 0 aliphatic carbocycles. The highest BCUT2D eigenvalue weighted by molar-refractivity contribution is 8.00.